The number of anilines is 1. The molecule has 9 nitrogen and oxygen atoms in total. The molecule has 0 amide bonds. The standard InChI is InChI=1S/C21H21N5O4S/c1-4-31(28,29)25-14-10-11-15(16(12-14)30-3)19-22-20-17(21(27)23-19)18(24-26(20)2)13-8-6-5-7-9-13/h5-12,25H,4H2,1-3H3,(H,22,23,27). The summed E-state index contributed by atoms with van der Waals surface area (Å²) >= 11 is 0. The molecule has 160 valence electrons. The summed E-state index contributed by atoms with van der Waals surface area (Å²) in [6.07, 6.45) is 0. The second kappa shape index (κ2) is 7.88. The van der Waals surface area contributed by atoms with Crippen LogP contribution in [0, 0.1) is 0 Å². The molecule has 0 bridgehead atoms. The van der Waals surface area contributed by atoms with E-state index in [2.05, 4.69) is 19.8 Å². The van der Waals surface area contributed by atoms with E-state index < -0.39 is 10.0 Å². The Labute approximate surface area is 178 Å². The van der Waals surface area contributed by atoms with Crippen molar-refractivity contribution in [2.45, 2.75) is 6.92 Å². The molecular weight excluding hydrogens is 418 g/mol. The van der Waals surface area contributed by atoms with E-state index in [4.69, 9.17) is 4.74 Å². The van der Waals surface area contributed by atoms with E-state index in [0.29, 0.717) is 39.6 Å². The van der Waals surface area contributed by atoms with Gasteiger partial charge in [-0.3, -0.25) is 9.52 Å². The molecule has 2 aromatic carbocycles. The number of hydrogen-bond acceptors (Lipinski definition) is 6. The van der Waals surface area contributed by atoms with Crippen molar-refractivity contribution >= 4 is 26.7 Å². The number of aryl methyl sites for hydroxylation is 1. The van der Waals surface area contributed by atoms with E-state index in [1.165, 1.54) is 7.11 Å². The third-order valence-electron chi connectivity index (χ3n) is 4.85. The Morgan fingerprint density at radius 2 is 1.90 bits per heavy atom. The van der Waals surface area contributed by atoms with Crippen LogP contribution in [0.1, 0.15) is 6.92 Å². The molecule has 31 heavy (non-hydrogen) atoms. The molecule has 10 heteroatoms. The highest BCUT2D eigenvalue weighted by atomic mass is 32.2. The summed E-state index contributed by atoms with van der Waals surface area (Å²) in [5.41, 5.74) is 2.34. The van der Waals surface area contributed by atoms with Gasteiger partial charge in [-0.05, 0) is 19.1 Å². The third-order valence-corrected chi connectivity index (χ3v) is 6.16. The van der Waals surface area contributed by atoms with Gasteiger partial charge < -0.3 is 9.72 Å². The number of sulfonamides is 1. The fourth-order valence-corrected chi connectivity index (χ4v) is 3.91. The van der Waals surface area contributed by atoms with Gasteiger partial charge >= 0.3 is 0 Å². The largest absolute Gasteiger partial charge is 0.496 e. The second-order valence-corrected chi connectivity index (χ2v) is 8.88. The fourth-order valence-electron chi connectivity index (χ4n) is 3.28. The smallest absolute Gasteiger partial charge is 0.262 e. The Kier molecular flexibility index (Phi) is 5.24. The number of nitrogens with zero attached hydrogens (tertiary/aromatic N) is 3. The molecule has 2 aromatic heterocycles. The number of H-pyrrole nitrogens is 1. The van der Waals surface area contributed by atoms with Crippen molar-refractivity contribution in [3.8, 4) is 28.4 Å². The SMILES string of the molecule is CCS(=O)(=O)Nc1ccc(-c2nc3c(c(-c4ccccc4)nn3C)c(=O)[nH]2)c(OC)c1. The van der Waals surface area contributed by atoms with Crippen LogP contribution in [0.2, 0.25) is 0 Å². The van der Waals surface area contributed by atoms with Gasteiger partial charge in [-0.1, -0.05) is 30.3 Å². The summed E-state index contributed by atoms with van der Waals surface area (Å²) in [6.45, 7) is 1.55. The highest BCUT2D eigenvalue weighted by Gasteiger charge is 2.19. The minimum atomic E-state index is -3.43. The number of ether oxygens (including phenoxy) is 1. The Morgan fingerprint density at radius 1 is 1.16 bits per heavy atom. The van der Waals surface area contributed by atoms with Crippen molar-refractivity contribution in [1.29, 1.82) is 0 Å². The van der Waals surface area contributed by atoms with Crippen LogP contribution in [0.25, 0.3) is 33.7 Å². The zero-order valence-electron chi connectivity index (χ0n) is 17.2. The number of nitrogens with one attached hydrogen (secondary N) is 2. The van der Waals surface area contributed by atoms with Crippen molar-refractivity contribution in [3.63, 3.8) is 0 Å². The molecule has 0 aliphatic carbocycles. The molecule has 0 unspecified atom stereocenters. The molecule has 0 fully saturated rings. The Morgan fingerprint density at radius 3 is 2.58 bits per heavy atom. The van der Waals surface area contributed by atoms with Gasteiger partial charge in [0, 0.05) is 18.7 Å². The lowest BCUT2D eigenvalue weighted by Gasteiger charge is -2.12. The maximum absolute atomic E-state index is 13.0. The molecule has 0 saturated heterocycles. The average Bonchev–Trinajstić information content (AvgIpc) is 3.11. The number of hydrogen-bond donors (Lipinski definition) is 2. The molecule has 4 aromatic rings. The highest BCUT2D eigenvalue weighted by molar-refractivity contribution is 7.92. The second-order valence-electron chi connectivity index (χ2n) is 6.87. The van der Waals surface area contributed by atoms with Crippen LogP contribution in [0.3, 0.4) is 0 Å². The van der Waals surface area contributed by atoms with Crippen LogP contribution >= 0.6 is 0 Å². The van der Waals surface area contributed by atoms with Crippen LogP contribution < -0.4 is 15.0 Å². The number of rotatable bonds is 6. The van der Waals surface area contributed by atoms with Crippen molar-refractivity contribution in [3.05, 3.63) is 58.9 Å². The van der Waals surface area contributed by atoms with Crippen LogP contribution in [-0.4, -0.2) is 41.0 Å². The molecule has 0 atom stereocenters. The van der Waals surface area contributed by atoms with Crippen LogP contribution in [0.4, 0.5) is 5.69 Å². The summed E-state index contributed by atoms with van der Waals surface area (Å²) in [6, 6.07) is 14.2. The molecule has 0 aliphatic heterocycles. The van der Waals surface area contributed by atoms with E-state index in [1.807, 2.05) is 30.3 Å². The zero-order chi connectivity index (χ0) is 22.2. The molecule has 0 saturated carbocycles. The maximum atomic E-state index is 13.0. The van der Waals surface area contributed by atoms with Gasteiger partial charge in [-0.2, -0.15) is 5.10 Å². The van der Waals surface area contributed by atoms with E-state index in [0.717, 1.165) is 5.56 Å². The predicted molar refractivity (Wildman–Crippen MR) is 120 cm³/mol. The van der Waals surface area contributed by atoms with Crippen LogP contribution in [0.5, 0.6) is 5.75 Å². The number of aromatic amines is 1. The summed E-state index contributed by atoms with van der Waals surface area (Å²) in [5, 5.41) is 4.88. The Balaban J connectivity index is 1.84. The first-order valence-electron chi connectivity index (χ1n) is 9.54. The molecule has 0 radical (unpaired) electrons. The highest BCUT2D eigenvalue weighted by Crippen LogP contribution is 2.32. The first-order valence-corrected chi connectivity index (χ1v) is 11.2. The van der Waals surface area contributed by atoms with E-state index in [1.54, 1.807) is 36.9 Å². The summed E-state index contributed by atoms with van der Waals surface area (Å²) in [7, 11) is -0.240. The van der Waals surface area contributed by atoms with Crippen LogP contribution in [0.15, 0.2) is 53.3 Å². The average molecular weight is 439 g/mol. The number of benzene rings is 2. The predicted octanol–water partition coefficient (Wildman–Crippen LogP) is 2.76. The fraction of sp³-hybridized carbons (Fsp3) is 0.190. The maximum Gasteiger partial charge on any atom is 0.262 e. The molecule has 2 heterocycles. The molecular formula is C21H21N5O4S. The monoisotopic (exact) mass is 439 g/mol. The van der Waals surface area contributed by atoms with E-state index in [-0.39, 0.29) is 11.3 Å². The van der Waals surface area contributed by atoms with Crippen molar-refractivity contribution in [1.82, 2.24) is 19.7 Å². The normalized spacial score (nSPS) is 11.6. The summed E-state index contributed by atoms with van der Waals surface area (Å²) in [5.74, 6) is 0.610. The van der Waals surface area contributed by atoms with Gasteiger partial charge in [0.2, 0.25) is 10.0 Å². The molecule has 4 rings (SSSR count). The van der Waals surface area contributed by atoms with E-state index >= 15 is 0 Å². The lowest BCUT2D eigenvalue weighted by molar-refractivity contribution is 0.416. The first-order chi connectivity index (χ1) is 14.8. The molecule has 2 N–H and O–H groups in total. The molecule has 0 spiro atoms. The van der Waals surface area contributed by atoms with Crippen molar-refractivity contribution in [2.24, 2.45) is 7.05 Å². The van der Waals surface area contributed by atoms with Crippen molar-refractivity contribution in [2.75, 3.05) is 17.6 Å². The summed E-state index contributed by atoms with van der Waals surface area (Å²) < 4.78 is 33.2. The van der Waals surface area contributed by atoms with Gasteiger partial charge in [-0.25, -0.2) is 18.1 Å². The Hall–Kier alpha value is -3.66. The lowest BCUT2D eigenvalue weighted by atomic mass is 10.1. The van der Waals surface area contributed by atoms with Crippen molar-refractivity contribution < 1.29 is 13.2 Å². The zero-order valence-corrected chi connectivity index (χ0v) is 18.0. The summed E-state index contributed by atoms with van der Waals surface area (Å²) in [4.78, 5) is 20.4. The third kappa shape index (κ3) is 3.89. The minimum Gasteiger partial charge on any atom is -0.496 e. The van der Waals surface area contributed by atoms with Gasteiger partial charge in [0.1, 0.15) is 22.7 Å². The van der Waals surface area contributed by atoms with Gasteiger partial charge in [0.05, 0.1) is 24.1 Å². The number of aromatic nitrogens is 4. The van der Waals surface area contributed by atoms with Gasteiger partial charge in [0.15, 0.2) is 5.65 Å². The Bertz CT molecular complexity index is 1430. The molecule has 0 aliphatic rings. The number of fused-ring (bicyclic) bond motifs is 1. The topological polar surface area (TPSA) is 119 Å². The first kappa shape index (κ1) is 20.6. The quantitative estimate of drug-likeness (QED) is 0.477. The van der Waals surface area contributed by atoms with E-state index in [9.17, 15) is 13.2 Å². The lowest BCUT2D eigenvalue weighted by Crippen LogP contribution is -2.14. The number of methoxy groups -OCH3 is 1. The van der Waals surface area contributed by atoms with Gasteiger partial charge in [0.25, 0.3) is 5.56 Å². The van der Waals surface area contributed by atoms with Crippen LogP contribution in [-0.2, 0) is 17.1 Å². The minimum absolute atomic E-state index is 0.0488. The van der Waals surface area contributed by atoms with Gasteiger partial charge in [-0.15, -0.1) is 0 Å².